The Hall–Kier alpha value is -10.1. The van der Waals surface area contributed by atoms with Crippen molar-refractivity contribution in [1.29, 1.82) is 0 Å². The molecule has 5 heterocycles. The number of benzene rings is 11. The number of aromatic nitrogens is 3. The van der Waals surface area contributed by atoms with Crippen molar-refractivity contribution < 1.29 is 4.42 Å². The van der Waals surface area contributed by atoms with Gasteiger partial charge in [0.15, 0.2) is 0 Å². The predicted molar refractivity (Wildman–Crippen MR) is 348 cm³/mol. The van der Waals surface area contributed by atoms with Crippen molar-refractivity contribution in [2.24, 2.45) is 0 Å². The van der Waals surface area contributed by atoms with Crippen LogP contribution in [-0.2, 0) is 10.8 Å². The lowest BCUT2D eigenvalue weighted by Gasteiger charge is -2.30. The Labute approximate surface area is 481 Å². The van der Waals surface area contributed by atoms with E-state index in [1.165, 1.54) is 110 Å². The van der Waals surface area contributed by atoms with E-state index in [1.807, 2.05) is 0 Å². The first-order valence-corrected chi connectivity index (χ1v) is 29.1. The second-order valence-corrected chi connectivity index (χ2v) is 24.1. The summed E-state index contributed by atoms with van der Waals surface area (Å²) in [5, 5.41) is 9.79. The zero-order chi connectivity index (χ0) is 55.3. The molecule has 5 nitrogen and oxygen atoms in total. The standard InChI is InChI=1S/C78H58N4O/c1-77(2,49-31-37-71-61(43-49)63-47-55(35-39-73(63)79(71)53-19-7-5-8-20-53)81-67-27-15-11-23-57(67)58-24-12-16-28-68(58)81)51-33-41-75-65(45-51)66-46-52(34-42-76(66)83-75)78(3,4)50-32-38-72-62(44-50)64-48-56(36-40-74(64)80(72)54-21-9-6-10-22-54)82-69-29-17-13-25-59(69)60-26-14-18-30-70(60)82/h5-48,63,73H,1-4H3. The number of furan rings is 1. The molecule has 17 rings (SSSR count). The summed E-state index contributed by atoms with van der Waals surface area (Å²) in [6.45, 7) is 9.50. The molecule has 2 unspecified atom stereocenters. The van der Waals surface area contributed by atoms with Crippen molar-refractivity contribution in [2.75, 3.05) is 4.90 Å². The molecule has 0 amide bonds. The van der Waals surface area contributed by atoms with E-state index < -0.39 is 0 Å². The molecule has 0 saturated heterocycles. The highest BCUT2D eigenvalue weighted by Gasteiger charge is 2.40. The van der Waals surface area contributed by atoms with E-state index in [0.29, 0.717) is 0 Å². The molecule has 0 fully saturated rings. The highest BCUT2D eigenvalue weighted by Crippen LogP contribution is 2.52. The Kier molecular flexibility index (Phi) is 10.2. The minimum atomic E-state index is -0.353. The van der Waals surface area contributed by atoms with Gasteiger partial charge in [0.25, 0.3) is 0 Å². The van der Waals surface area contributed by atoms with Gasteiger partial charge in [-0.15, -0.1) is 0 Å². The van der Waals surface area contributed by atoms with E-state index in [1.54, 1.807) is 0 Å². The second-order valence-electron chi connectivity index (χ2n) is 24.1. The van der Waals surface area contributed by atoms with Gasteiger partial charge in [-0.25, -0.2) is 0 Å². The lowest BCUT2D eigenvalue weighted by atomic mass is 9.76. The van der Waals surface area contributed by atoms with Gasteiger partial charge >= 0.3 is 0 Å². The number of allylic oxidation sites excluding steroid dienone is 2. The van der Waals surface area contributed by atoms with Gasteiger partial charge in [0.1, 0.15) is 11.2 Å². The van der Waals surface area contributed by atoms with Crippen molar-refractivity contribution in [2.45, 2.75) is 50.5 Å². The molecule has 0 spiro atoms. The summed E-state index contributed by atoms with van der Waals surface area (Å²) in [4.78, 5) is 2.54. The van der Waals surface area contributed by atoms with Crippen LogP contribution in [0.2, 0.25) is 0 Å². The first-order chi connectivity index (χ1) is 40.7. The van der Waals surface area contributed by atoms with Crippen LogP contribution in [0.25, 0.3) is 104 Å². The van der Waals surface area contributed by atoms with E-state index >= 15 is 0 Å². The molecule has 1 aliphatic heterocycles. The molecule has 0 N–H and O–H groups in total. The summed E-state index contributed by atoms with van der Waals surface area (Å²) >= 11 is 0. The zero-order valence-corrected chi connectivity index (χ0v) is 46.8. The molecule has 0 saturated carbocycles. The Morgan fingerprint density at radius 3 is 1.33 bits per heavy atom. The molecule has 2 atom stereocenters. The molecule has 5 heteroatoms. The SMILES string of the molecule is CC(C)(c1ccc2c(c1)C1C=C(n3c4ccccc4c4ccccc43)C=CC1N2c1ccccc1)c1ccc2oc3ccc(C(C)(C)c4ccc5c(c4)c4cc(-n6c7ccccc7c7ccccc76)ccc4n5-c4ccccc4)cc3c2c1. The van der Waals surface area contributed by atoms with Crippen molar-refractivity contribution in [3.05, 3.63) is 295 Å². The smallest absolute Gasteiger partial charge is 0.135 e. The van der Waals surface area contributed by atoms with Gasteiger partial charge in [-0.1, -0.05) is 179 Å². The average Bonchev–Trinajstić information content (AvgIpc) is 2.00. The molecule has 15 aromatic rings. The van der Waals surface area contributed by atoms with E-state index in [9.17, 15) is 0 Å². The molecule has 0 radical (unpaired) electrons. The van der Waals surface area contributed by atoms with Gasteiger partial charge in [0.05, 0.1) is 39.1 Å². The fourth-order valence-corrected chi connectivity index (χ4v) is 14.5. The first-order valence-electron chi connectivity index (χ1n) is 29.1. The van der Waals surface area contributed by atoms with Gasteiger partial charge in [0.2, 0.25) is 0 Å². The van der Waals surface area contributed by atoms with E-state index in [0.717, 1.165) is 33.3 Å². The van der Waals surface area contributed by atoms with Crippen LogP contribution in [0.4, 0.5) is 11.4 Å². The van der Waals surface area contributed by atoms with E-state index in [2.05, 4.69) is 313 Å². The molecule has 396 valence electrons. The molecule has 83 heavy (non-hydrogen) atoms. The molecule has 2 aliphatic rings. The average molecular weight is 1070 g/mol. The number of anilines is 2. The van der Waals surface area contributed by atoms with Crippen LogP contribution in [0.1, 0.15) is 61.4 Å². The first kappa shape index (κ1) is 47.7. The van der Waals surface area contributed by atoms with E-state index in [4.69, 9.17) is 4.42 Å². The monoisotopic (exact) mass is 1070 g/mol. The third-order valence-corrected chi connectivity index (χ3v) is 19.0. The van der Waals surface area contributed by atoms with Gasteiger partial charge in [-0.3, -0.25) is 0 Å². The van der Waals surface area contributed by atoms with Crippen molar-refractivity contribution in [3.63, 3.8) is 0 Å². The normalized spacial score (nSPS) is 15.5. The van der Waals surface area contributed by atoms with Crippen LogP contribution in [-0.4, -0.2) is 19.7 Å². The largest absolute Gasteiger partial charge is 0.456 e. The fourth-order valence-electron chi connectivity index (χ4n) is 14.5. The minimum absolute atomic E-state index is 0.134. The third kappa shape index (κ3) is 7.01. The zero-order valence-electron chi connectivity index (χ0n) is 46.8. The molecule has 0 bridgehead atoms. The highest BCUT2D eigenvalue weighted by molar-refractivity contribution is 6.13. The quantitative estimate of drug-likeness (QED) is 0.152. The Morgan fingerprint density at radius 1 is 0.337 bits per heavy atom. The Morgan fingerprint density at radius 2 is 0.759 bits per heavy atom. The van der Waals surface area contributed by atoms with Crippen molar-refractivity contribution in [1.82, 2.24) is 13.7 Å². The predicted octanol–water partition coefficient (Wildman–Crippen LogP) is 20.3. The fraction of sp³-hybridized carbons (Fsp3) is 0.103. The number of para-hydroxylation sites is 6. The molecule has 1 aliphatic carbocycles. The highest BCUT2D eigenvalue weighted by atomic mass is 16.3. The maximum atomic E-state index is 6.69. The lowest BCUT2D eigenvalue weighted by molar-refractivity contribution is 0.637. The maximum Gasteiger partial charge on any atom is 0.135 e. The van der Waals surface area contributed by atoms with Gasteiger partial charge < -0.3 is 23.0 Å². The maximum absolute atomic E-state index is 6.69. The van der Waals surface area contributed by atoms with Crippen LogP contribution in [0.3, 0.4) is 0 Å². The molecule has 11 aromatic carbocycles. The Balaban J connectivity index is 0.759. The van der Waals surface area contributed by atoms with Crippen LogP contribution in [0.5, 0.6) is 0 Å². The van der Waals surface area contributed by atoms with Crippen LogP contribution in [0.15, 0.2) is 271 Å². The van der Waals surface area contributed by atoms with Gasteiger partial charge in [0, 0.05) is 88.3 Å². The number of nitrogens with zero attached hydrogens (tertiary/aromatic N) is 4. The topological polar surface area (TPSA) is 31.2 Å². The molecular weight excluding hydrogens is 1010 g/mol. The molecular formula is C78H58N4O. The minimum Gasteiger partial charge on any atom is -0.456 e. The summed E-state index contributed by atoms with van der Waals surface area (Å²) in [7, 11) is 0. The molecule has 4 aromatic heterocycles. The lowest BCUT2D eigenvalue weighted by Crippen LogP contribution is -2.29. The van der Waals surface area contributed by atoms with Crippen molar-refractivity contribution in [3.8, 4) is 11.4 Å². The van der Waals surface area contributed by atoms with Crippen LogP contribution >= 0.6 is 0 Å². The van der Waals surface area contributed by atoms with Crippen LogP contribution in [0, 0.1) is 0 Å². The number of fused-ring (bicyclic) bond motifs is 15. The second kappa shape index (κ2) is 17.7. The summed E-state index contributed by atoms with van der Waals surface area (Å²) in [5.74, 6) is 0.134. The number of hydrogen-bond donors (Lipinski definition) is 0. The third-order valence-electron chi connectivity index (χ3n) is 19.0. The summed E-state index contributed by atoms with van der Waals surface area (Å²) < 4.78 is 14.0. The Bertz CT molecular complexity index is 5130. The van der Waals surface area contributed by atoms with Crippen molar-refractivity contribution >= 4 is 104 Å². The number of hydrogen-bond acceptors (Lipinski definition) is 2. The summed E-state index contributed by atoms with van der Waals surface area (Å²) in [5.41, 5.74) is 20.7. The van der Waals surface area contributed by atoms with E-state index in [-0.39, 0.29) is 22.8 Å². The van der Waals surface area contributed by atoms with Gasteiger partial charge in [-0.05, 0) is 143 Å². The summed E-state index contributed by atoms with van der Waals surface area (Å²) in [6, 6.07) is 92.1. The van der Waals surface area contributed by atoms with Gasteiger partial charge in [-0.2, -0.15) is 0 Å². The number of rotatable bonds is 8. The summed E-state index contributed by atoms with van der Waals surface area (Å²) in [6.07, 6.45) is 7.30. The van der Waals surface area contributed by atoms with Crippen LogP contribution < -0.4 is 4.90 Å².